The van der Waals surface area contributed by atoms with Crippen LogP contribution in [0.1, 0.15) is 22.5 Å². The van der Waals surface area contributed by atoms with Crippen molar-refractivity contribution in [2.75, 3.05) is 17.7 Å². The van der Waals surface area contributed by atoms with Crippen molar-refractivity contribution < 1.29 is 22.8 Å². The minimum Gasteiger partial charge on any atom is -0.354 e. The van der Waals surface area contributed by atoms with Crippen LogP contribution >= 0.6 is 0 Å². The van der Waals surface area contributed by atoms with Crippen molar-refractivity contribution in [2.45, 2.75) is 19.5 Å². The van der Waals surface area contributed by atoms with Crippen LogP contribution in [0.25, 0.3) is 0 Å². The van der Waals surface area contributed by atoms with Gasteiger partial charge in [-0.25, -0.2) is 4.98 Å². The molecule has 0 bridgehead atoms. The lowest BCUT2D eigenvalue weighted by Crippen LogP contribution is -2.23. The lowest BCUT2D eigenvalue weighted by molar-refractivity contribution is -0.153. The molecule has 148 valence electrons. The monoisotopic (exact) mass is 394 g/mol. The Balaban J connectivity index is 1.83. The predicted octanol–water partition coefficient (Wildman–Crippen LogP) is 2.42. The molecule has 0 aliphatic heterocycles. The summed E-state index contributed by atoms with van der Waals surface area (Å²) in [6.07, 6.45) is -3.10. The van der Waals surface area contributed by atoms with Crippen LogP contribution in [0.15, 0.2) is 24.4 Å². The van der Waals surface area contributed by atoms with E-state index in [-0.39, 0.29) is 23.6 Å². The van der Waals surface area contributed by atoms with Gasteiger partial charge in [-0.1, -0.05) is 6.07 Å². The highest BCUT2D eigenvalue weighted by molar-refractivity contribution is 5.99. The number of hydrogen-bond donors (Lipinski definition) is 3. The van der Waals surface area contributed by atoms with Crippen LogP contribution < -0.4 is 16.0 Å². The molecular weight excluding hydrogens is 377 g/mol. The standard InChI is InChI=1S/C17H17F3N6O2/c1-8-4-3-5-22-14(8)23-11-7-12(25-26-13(11)16(28)21-2)24-15(27)9-6-10(9)17(18,19)20/h3-5,7,9-10H,6H2,1-2H3,(H,21,28)(H2,22,23,24,25,27)/t9?,10-/m1/s1. The Bertz CT molecular complexity index is 918. The molecule has 1 fully saturated rings. The summed E-state index contributed by atoms with van der Waals surface area (Å²) in [6.45, 7) is 1.80. The topological polar surface area (TPSA) is 109 Å². The molecule has 8 nitrogen and oxygen atoms in total. The molecule has 1 aliphatic carbocycles. The van der Waals surface area contributed by atoms with Crippen molar-refractivity contribution in [3.63, 3.8) is 0 Å². The molecule has 0 spiro atoms. The number of halogens is 3. The second-order valence-electron chi connectivity index (χ2n) is 6.34. The van der Waals surface area contributed by atoms with E-state index >= 15 is 0 Å². The van der Waals surface area contributed by atoms with Gasteiger partial charge in [0.15, 0.2) is 11.5 Å². The lowest BCUT2D eigenvalue weighted by Gasteiger charge is -2.13. The Kier molecular flexibility index (Phi) is 5.16. The molecule has 2 aromatic heterocycles. The number of carbonyl (C=O) groups excluding carboxylic acids is 2. The number of hydrogen-bond acceptors (Lipinski definition) is 6. The fraction of sp³-hybridized carbons (Fsp3) is 0.353. The Morgan fingerprint density at radius 3 is 2.61 bits per heavy atom. The van der Waals surface area contributed by atoms with E-state index in [2.05, 4.69) is 31.1 Å². The second-order valence-corrected chi connectivity index (χ2v) is 6.34. The van der Waals surface area contributed by atoms with Gasteiger partial charge in [0.1, 0.15) is 5.82 Å². The Morgan fingerprint density at radius 2 is 2.00 bits per heavy atom. The molecule has 0 radical (unpaired) electrons. The highest BCUT2D eigenvalue weighted by Crippen LogP contribution is 2.50. The molecule has 28 heavy (non-hydrogen) atoms. The second kappa shape index (κ2) is 7.41. The largest absolute Gasteiger partial charge is 0.392 e. The quantitative estimate of drug-likeness (QED) is 0.719. The van der Waals surface area contributed by atoms with Crippen molar-refractivity contribution in [2.24, 2.45) is 11.8 Å². The summed E-state index contributed by atoms with van der Waals surface area (Å²) in [5.74, 6) is -3.71. The normalized spacial score (nSPS) is 18.3. The van der Waals surface area contributed by atoms with Crippen LogP contribution in [0.2, 0.25) is 0 Å². The van der Waals surface area contributed by atoms with Gasteiger partial charge in [-0.15, -0.1) is 10.2 Å². The van der Waals surface area contributed by atoms with E-state index in [4.69, 9.17) is 0 Å². The fourth-order valence-electron chi connectivity index (χ4n) is 2.64. The molecule has 0 aromatic carbocycles. The Hall–Kier alpha value is -3.24. The number of rotatable bonds is 5. The molecule has 11 heteroatoms. The average Bonchev–Trinajstić information content (AvgIpc) is 3.44. The van der Waals surface area contributed by atoms with Gasteiger partial charge in [0.05, 0.1) is 17.5 Å². The van der Waals surface area contributed by atoms with Crippen LogP contribution in [0, 0.1) is 18.8 Å². The van der Waals surface area contributed by atoms with Gasteiger partial charge < -0.3 is 16.0 Å². The molecule has 1 saturated carbocycles. The summed E-state index contributed by atoms with van der Waals surface area (Å²) >= 11 is 0. The van der Waals surface area contributed by atoms with E-state index < -0.39 is 29.8 Å². The molecule has 1 aliphatic rings. The summed E-state index contributed by atoms with van der Waals surface area (Å²) < 4.78 is 37.9. The van der Waals surface area contributed by atoms with E-state index in [1.165, 1.54) is 13.1 Å². The molecule has 3 rings (SSSR count). The Morgan fingerprint density at radius 1 is 1.25 bits per heavy atom. The molecule has 0 saturated heterocycles. The molecule has 2 heterocycles. The van der Waals surface area contributed by atoms with Crippen molar-refractivity contribution >= 4 is 29.1 Å². The number of pyridine rings is 1. The van der Waals surface area contributed by atoms with Gasteiger partial charge in [-0.2, -0.15) is 13.2 Å². The number of alkyl halides is 3. The van der Waals surface area contributed by atoms with Crippen LogP contribution in [0.4, 0.5) is 30.5 Å². The minimum absolute atomic E-state index is 0.0508. The fourth-order valence-corrected chi connectivity index (χ4v) is 2.64. The summed E-state index contributed by atoms with van der Waals surface area (Å²) in [4.78, 5) is 28.2. The molecule has 2 aromatic rings. The number of aromatic nitrogens is 3. The lowest BCUT2D eigenvalue weighted by atomic mass is 10.2. The van der Waals surface area contributed by atoms with E-state index in [1.807, 2.05) is 0 Å². The number of carbonyl (C=O) groups is 2. The Labute approximate surface area is 157 Å². The summed E-state index contributed by atoms with van der Waals surface area (Å²) in [7, 11) is 1.42. The smallest absolute Gasteiger partial charge is 0.354 e. The third-order valence-electron chi connectivity index (χ3n) is 4.30. The highest BCUT2D eigenvalue weighted by atomic mass is 19.4. The summed E-state index contributed by atoms with van der Waals surface area (Å²) in [6, 6.07) is 4.87. The zero-order valence-electron chi connectivity index (χ0n) is 15.0. The van der Waals surface area contributed by atoms with Gasteiger partial charge in [-0.3, -0.25) is 9.59 Å². The number of amides is 2. The summed E-state index contributed by atoms with van der Waals surface area (Å²) in [5, 5.41) is 15.2. The number of nitrogens with zero attached hydrogens (tertiary/aromatic N) is 3. The first-order valence-corrected chi connectivity index (χ1v) is 8.36. The maximum atomic E-state index is 12.6. The van der Waals surface area contributed by atoms with E-state index in [9.17, 15) is 22.8 Å². The van der Waals surface area contributed by atoms with Crippen LogP contribution in [-0.2, 0) is 4.79 Å². The van der Waals surface area contributed by atoms with Crippen LogP contribution in [0.3, 0.4) is 0 Å². The molecule has 3 N–H and O–H groups in total. The zero-order valence-corrected chi connectivity index (χ0v) is 15.0. The van der Waals surface area contributed by atoms with E-state index in [0.29, 0.717) is 5.82 Å². The van der Waals surface area contributed by atoms with Gasteiger partial charge in [0, 0.05) is 19.3 Å². The van der Waals surface area contributed by atoms with Crippen molar-refractivity contribution in [3.8, 4) is 0 Å². The maximum Gasteiger partial charge on any atom is 0.392 e. The molecular formula is C17H17F3N6O2. The molecule has 2 atom stereocenters. The third-order valence-corrected chi connectivity index (χ3v) is 4.30. The SMILES string of the molecule is CNC(=O)c1nnc(NC(=O)C2C[C@H]2C(F)(F)F)cc1Nc1ncccc1C. The van der Waals surface area contributed by atoms with E-state index in [0.717, 1.165) is 5.56 Å². The van der Waals surface area contributed by atoms with Crippen molar-refractivity contribution in [1.29, 1.82) is 0 Å². The summed E-state index contributed by atoms with van der Waals surface area (Å²) in [5.41, 5.74) is 0.943. The predicted molar refractivity (Wildman–Crippen MR) is 94.0 cm³/mol. The third kappa shape index (κ3) is 4.18. The highest BCUT2D eigenvalue weighted by Gasteiger charge is 2.58. The zero-order chi connectivity index (χ0) is 20.5. The van der Waals surface area contributed by atoms with Crippen molar-refractivity contribution in [1.82, 2.24) is 20.5 Å². The van der Waals surface area contributed by atoms with Gasteiger partial charge in [0.25, 0.3) is 5.91 Å². The molecule has 1 unspecified atom stereocenters. The number of aryl methyl sites for hydroxylation is 1. The van der Waals surface area contributed by atoms with Gasteiger partial charge in [0.2, 0.25) is 5.91 Å². The van der Waals surface area contributed by atoms with Crippen molar-refractivity contribution in [3.05, 3.63) is 35.7 Å². The first-order chi connectivity index (χ1) is 13.2. The van der Waals surface area contributed by atoms with Gasteiger partial charge in [-0.05, 0) is 25.0 Å². The minimum atomic E-state index is -4.40. The van der Waals surface area contributed by atoms with Gasteiger partial charge >= 0.3 is 6.18 Å². The van der Waals surface area contributed by atoms with Crippen LogP contribution in [0.5, 0.6) is 0 Å². The first-order valence-electron chi connectivity index (χ1n) is 8.36. The molecule has 2 amide bonds. The van der Waals surface area contributed by atoms with E-state index in [1.54, 1.807) is 25.3 Å². The number of anilines is 3. The average molecular weight is 394 g/mol. The first kappa shape index (κ1) is 19.5. The van der Waals surface area contributed by atoms with Crippen LogP contribution in [-0.4, -0.2) is 40.2 Å². The number of nitrogens with one attached hydrogen (secondary N) is 3. The maximum absolute atomic E-state index is 12.6.